The van der Waals surface area contributed by atoms with Gasteiger partial charge in [0.25, 0.3) is 0 Å². The minimum Gasteiger partial charge on any atom is -0.363 e. The summed E-state index contributed by atoms with van der Waals surface area (Å²) < 4.78 is 0. The summed E-state index contributed by atoms with van der Waals surface area (Å²) in [6.07, 6.45) is 2.18. The lowest BCUT2D eigenvalue weighted by molar-refractivity contribution is -0.115. The van der Waals surface area contributed by atoms with Crippen LogP contribution in [-0.4, -0.2) is 46.4 Å². The van der Waals surface area contributed by atoms with Gasteiger partial charge in [-0.1, -0.05) is 41.1 Å². The number of amides is 1. The normalized spacial score (nSPS) is 14.5. The Hall–Kier alpha value is -2.78. The summed E-state index contributed by atoms with van der Waals surface area (Å²) >= 11 is 7.73. The van der Waals surface area contributed by atoms with Crippen LogP contribution in [0.1, 0.15) is 29.3 Å². The van der Waals surface area contributed by atoms with Gasteiger partial charge in [0.2, 0.25) is 11.0 Å². The summed E-state index contributed by atoms with van der Waals surface area (Å²) in [4.78, 5) is 14.5. The first-order valence-corrected chi connectivity index (χ1v) is 10.9. The molecule has 1 fully saturated rings. The number of nitrogens with zero attached hydrogens (tertiary/aromatic N) is 5. The van der Waals surface area contributed by atoms with Crippen LogP contribution >= 0.6 is 22.9 Å². The summed E-state index contributed by atoms with van der Waals surface area (Å²) in [7, 11) is 1.86. The number of benzene rings is 1. The molecule has 2 N–H and O–H groups in total. The van der Waals surface area contributed by atoms with Crippen LogP contribution in [0.4, 0.5) is 16.8 Å². The SMILES string of the molecule is CNc1nnc(C2CCN(c3ccc(NC(=O)Cc4ccccc4Cl)nn3)CC2)s1. The van der Waals surface area contributed by atoms with Crippen molar-refractivity contribution < 1.29 is 4.79 Å². The molecule has 156 valence electrons. The summed E-state index contributed by atoms with van der Waals surface area (Å²) in [5, 5.41) is 25.2. The molecule has 2 aromatic heterocycles. The quantitative estimate of drug-likeness (QED) is 0.600. The summed E-state index contributed by atoms with van der Waals surface area (Å²) in [5.74, 6) is 1.49. The molecule has 8 nitrogen and oxygen atoms in total. The maximum absolute atomic E-state index is 12.3. The Labute approximate surface area is 183 Å². The smallest absolute Gasteiger partial charge is 0.230 e. The second-order valence-corrected chi connectivity index (χ2v) is 8.47. The second-order valence-electron chi connectivity index (χ2n) is 7.05. The van der Waals surface area contributed by atoms with Gasteiger partial charge >= 0.3 is 0 Å². The van der Waals surface area contributed by atoms with Crippen molar-refractivity contribution in [1.82, 2.24) is 20.4 Å². The first-order valence-electron chi connectivity index (χ1n) is 9.75. The Morgan fingerprint density at radius 1 is 1.13 bits per heavy atom. The van der Waals surface area contributed by atoms with E-state index < -0.39 is 0 Å². The van der Waals surface area contributed by atoms with Gasteiger partial charge in [-0.3, -0.25) is 4.79 Å². The first kappa shape index (κ1) is 20.5. The third kappa shape index (κ3) is 4.85. The van der Waals surface area contributed by atoms with Crippen LogP contribution in [0.2, 0.25) is 5.02 Å². The molecule has 3 aromatic rings. The number of anilines is 3. The van der Waals surface area contributed by atoms with E-state index in [-0.39, 0.29) is 12.3 Å². The Balaban J connectivity index is 1.30. The summed E-state index contributed by atoms with van der Waals surface area (Å²) in [5.41, 5.74) is 0.779. The fraction of sp³-hybridized carbons (Fsp3) is 0.350. The second kappa shape index (κ2) is 9.36. The Kier molecular flexibility index (Phi) is 6.39. The highest BCUT2D eigenvalue weighted by Gasteiger charge is 2.24. The van der Waals surface area contributed by atoms with E-state index in [9.17, 15) is 4.79 Å². The highest BCUT2D eigenvalue weighted by atomic mass is 35.5. The van der Waals surface area contributed by atoms with E-state index in [0.717, 1.165) is 47.5 Å². The first-order chi connectivity index (χ1) is 14.6. The molecule has 0 aliphatic carbocycles. The van der Waals surface area contributed by atoms with Crippen molar-refractivity contribution in [3.63, 3.8) is 0 Å². The fourth-order valence-electron chi connectivity index (χ4n) is 3.42. The van der Waals surface area contributed by atoms with Gasteiger partial charge in [0.15, 0.2) is 11.6 Å². The molecule has 30 heavy (non-hydrogen) atoms. The van der Waals surface area contributed by atoms with Crippen LogP contribution < -0.4 is 15.5 Å². The van der Waals surface area contributed by atoms with E-state index >= 15 is 0 Å². The maximum atomic E-state index is 12.3. The number of rotatable bonds is 6. The molecule has 1 aliphatic rings. The van der Waals surface area contributed by atoms with Crippen molar-refractivity contribution in [2.45, 2.75) is 25.2 Å². The fourth-order valence-corrected chi connectivity index (χ4v) is 4.49. The minimum atomic E-state index is -0.177. The lowest BCUT2D eigenvalue weighted by Crippen LogP contribution is -2.33. The van der Waals surface area contributed by atoms with Crippen molar-refractivity contribution in [3.8, 4) is 0 Å². The van der Waals surface area contributed by atoms with Gasteiger partial charge in [-0.25, -0.2) is 0 Å². The number of halogens is 1. The number of hydrogen-bond donors (Lipinski definition) is 2. The zero-order chi connectivity index (χ0) is 20.9. The number of nitrogens with one attached hydrogen (secondary N) is 2. The predicted molar refractivity (Wildman–Crippen MR) is 119 cm³/mol. The maximum Gasteiger partial charge on any atom is 0.230 e. The highest BCUT2D eigenvalue weighted by molar-refractivity contribution is 7.15. The van der Waals surface area contributed by atoms with Crippen LogP contribution in [-0.2, 0) is 11.2 Å². The van der Waals surface area contributed by atoms with Crippen molar-refractivity contribution in [2.24, 2.45) is 0 Å². The van der Waals surface area contributed by atoms with Gasteiger partial charge in [0.1, 0.15) is 5.01 Å². The lowest BCUT2D eigenvalue weighted by atomic mass is 9.98. The molecular weight excluding hydrogens is 422 g/mol. The molecule has 4 rings (SSSR count). The van der Waals surface area contributed by atoms with Gasteiger partial charge in [-0.15, -0.1) is 20.4 Å². The zero-order valence-corrected chi connectivity index (χ0v) is 18.1. The molecule has 0 unspecified atom stereocenters. The van der Waals surface area contributed by atoms with E-state index in [1.54, 1.807) is 23.5 Å². The Morgan fingerprint density at radius 3 is 2.60 bits per heavy atom. The van der Waals surface area contributed by atoms with E-state index in [1.165, 1.54) is 0 Å². The molecule has 3 heterocycles. The monoisotopic (exact) mass is 443 g/mol. The average molecular weight is 444 g/mol. The molecule has 1 aromatic carbocycles. The molecule has 0 bridgehead atoms. The van der Waals surface area contributed by atoms with Crippen LogP contribution in [0.15, 0.2) is 36.4 Å². The molecule has 1 aliphatic heterocycles. The van der Waals surface area contributed by atoms with Crippen molar-refractivity contribution >= 4 is 45.6 Å². The molecule has 1 amide bonds. The zero-order valence-electron chi connectivity index (χ0n) is 16.5. The number of hydrogen-bond acceptors (Lipinski definition) is 8. The topological polar surface area (TPSA) is 95.9 Å². The highest BCUT2D eigenvalue weighted by Crippen LogP contribution is 2.32. The minimum absolute atomic E-state index is 0.177. The standard InChI is InChI=1S/C20H22ClN7OS/c1-22-20-27-26-19(30-20)13-8-10-28(11-9-13)17-7-6-16(24-25-17)23-18(29)12-14-4-2-3-5-15(14)21/h2-7,13H,8-12H2,1H3,(H,22,27)(H,23,24,29). The largest absolute Gasteiger partial charge is 0.363 e. The van der Waals surface area contributed by atoms with Crippen LogP contribution in [0.25, 0.3) is 0 Å². The van der Waals surface area contributed by atoms with Gasteiger partial charge in [-0.05, 0) is 36.6 Å². The Morgan fingerprint density at radius 2 is 1.93 bits per heavy atom. The molecule has 0 radical (unpaired) electrons. The van der Waals surface area contributed by atoms with Gasteiger partial charge in [0, 0.05) is 31.1 Å². The molecule has 0 atom stereocenters. The number of carbonyl (C=O) groups is 1. The summed E-state index contributed by atoms with van der Waals surface area (Å²) in [6, 6.07) is 11.0. The lowest BCUT2D eigenvalue weighted by Gasteiger charge is -2.31. The van der Waals surface area contributed by atoms with Crippen molar-refractivity contribution in [2.75, 3.05) is 35.7 Å². The molecular formula is C20H22ClN7OS. The molecule has 1 saturated heterocycles. The van der Waals surface area contributed by atoms with Gasteiger partial charge < -0.3 is 15.5 Å². The van der Waals surface area contributed by atoms with E-state index in [2.05, 4.69) is 35.9 Å². The number of carbonyl (C=O) groups excluding carboxylic acids is 1. The van der Waals surface area contributed by atoms with Crippen molar-refractivity contribution in [3.05, 3.63) is 52.0 Å². The average Bonchev–Trinajstić information content (AvgIpc) is 3.25. The van der Waals surface area contributed by atoms with E-state index in [1.807, 2.05) is 31.3 Å². The van der Waals surface area contributed by atoms with Gasteiger partial charge in [-0.2, -0.15) is 0 Å². The van der Waals surface area contributed by atoms with E-state index in [4.69, 9.17) is 11.6 Å². The molecule has 0 saturated carbocycles. The number of piperidine rings is 1. The molecule has 10 heteroatoms. The number of aromatic nitrogens is 4. The molecule has 0 spiro atoms. The van der Waals surface area contributed by atoms with Crippen LogP contribution in [0, 0.1) is 0 Å². The van der Waals surface area contributed by atoms with Crippen LogP contribution in [0.5, 0.6) is 0 Å². The Bertz CT molecular complexity index is 1000. The van der Waals surface area contributed by atoms with Gasteiger partial charge in [0.05, 0.1) is 6.42 Å². The predicted octanol–water partition coefficient (Wildman–Crippen LogP) is 3.59. The third-order valence-corrected chi connectivity index (χ3v) is 6.52. The van der Waals surface area contributed by atoms with Crippen LogP contribution in [0.3, 0.4) is 0 Å². The third-order valence-electron chi connectivity index (χ3n) is 5.05. The van der Waals surface area contributed by atoms with E-state index in [0.29, 0.717) is 16.8 Å². The van der Waals surface area contributed by atoms with Crippen molar-refractivity contribution in [1.29, 1.82) is 0 Å². The summed E-state index contributed by atoms with van der Waals surface area (Å²) in [6.45, 7) is 1.76.